The van der Waals surface area contributed by atoms with E-state index >= 15 is 0 Å². The van der Waals surface area contributed by atoms with Crippen molar-refractivity contribution in [3.63, 3.8) is 0 Å². The highest BCUT2D eigenvalue weighted by Gasteiger charge is 2.53. The third kappa shape index (κ3) is 3.19. The van der Waals surface area contributed by atoms with Crippen molar-refractivity contribution in [1.29, 1.82) is 0 Å². The van der Waals surface area contributed by atoms with Crippen molar-refractivity contribution in [3.05, 3.63) is 11.5 Å². The second-order valence-corrected chi connectivity index (χ2v) is 6.86. The van der Waals surface area contributed by atoms with Crippen LogP contribution in [0.25, 0.3) is 0 Å². The molecule has 0 bridgehead atoms. The van der Waals surface area contributed by atoms with E-state index in [4.69, 9.17) is 9.31 Å². The first-order valence-corrected chi connectivity index (χ1v) is 8.13. The Labute approximate surface area is 129 Å². The molecule has 0 unspecified atom stereocenters. The highest BCUT2D eigenvalue weighted by Crippen LogP contribution is 2.39. The van der Waals surface area contributed by atoms with Crippen molar-refractivity contribution >= 4 is 13.0 Å². The first-order valence-electron chi connectivity index (χ1n) is 8.13. The predicted molar refractivity (Wildman–Crippen MR) is 84.8 cm³/mol. The summed E-state index contributed by atoms with van der Waals surface area (Å²) < 4.78 is 12.0. The Morgan fingerprint density at radius 3 is 2.19 bits per heavy atom. The monoisotopic (exact) mass is 293 g/mol. The zero-order valence-corrected chi connectivity index (χ0v) is 14.2. The summed E-state index contributed by atoms with van der Waals surface area (Å²) in [5.74, 6) is 0.578. The molecule has 0 N–H and O–H groups in total. The van der Waals surface area contributed by atoms with Crippen molar-refractivity contribution in [2.45, 2.75) is 65.6 Å². The van der Waals surface area contributed by atoms with Gasteiger partial charge in [0.05, 0.1) is 11.2 Å². The van der Waals surface area contributed by atoms with Gasteiger partial charge in [0.15, 0.2) is 0 Å². The standard InChI is InChI=1S/C14H22BNO3.C2H6/c1-13(2)14(3,4)19-15(18-13)11-7-8-16(9-11)12(17)10-5-6-10;1-2/h7,10H,5-6,8-9H2,1-4H3;1-2H3. The molecule has 2 aliphatic heterocycles. The fraction of sp³-hybridized carbons (Fsp3) is 0.812. The van der Waals surface area contributed by atoms with Crippen molar-refractivity contribution in [2.24, 2.45) is 5.92 Å². The van der Waals surface area contributed by atoms with E-state index in [9.17, 15) is 4.79 Å². The van der Waals surface area contributed by atoms with E-state index in [2.05, 4.69) is 33.8 Å². The van der Waals surface area contributed by atoms with Gasteiger partial charge in [0.25, 0.3) is 0 Å². The molecule has 0 aromatic heterocycles. The summed E-state index contributed by atoms with van der Waals surface area (Å²) in [6.45, 7) is 13.6. The van der Waals surface area contributed by atoms with Crippen LogP contribution in [0, 0.1) is 5.92 Å². The maximum Gasteiger partial charge on any atom is 0.492 e. The van der Waals surface area contributed by atoms with Gasteiger partial charge >= 0.3 is 7.12 Å². The molecule has 0 aromatic carbocycles. The molecule has 0 aromatic rings. The fourth-order valence-electron chi connectivity index (χ4n) is 2.50. The van der Waals surface area contributed by atoms with Crippen LogP contribution < -0.4 is 0 Å². The minimum absolute atomic E-state index is 0.283. The predicted octanol–water partition coefficient (Wildman–Crippen LogP) is 2.82. The molecular formula is C16H28BNO3. The molecular weight excluding hydrogens is 265 g/mol. The lowest BCUT2D eigenvalue weighted by molar-refractivity contribution is -0.131. The van der Waals surface area contributed by atoms with Gasteiger partial charge in [-0.25, -0.2) is 0 Å². The number of hydrogen-bond donors (Lipinski definition) is 0. The van der Waals surface area contributed by atoms with Gasteiger partial charge in [0.2, 0.25) is 5.91 Å². The summed E-state index contributed by atoms with van der Waals surface area (Å²) in [6.07, 6.45) is 4.20. The zero-order valence-electron chi connectivity index (χ0n) is 14.2. The summed E-state index contributed by atoms with van der Waals surface area (Å²) in [4.78, 5) is 13.9. The molecule has 1 aliphatic carbocycles. The molecule has 0 atom stereocenters. The second-order valence-electron chi connectivity index (χ2n) is 6.86. The largest absolute Gasteiger partial charge is 0.492 e. The fourth-order valence-corrected chi connectivity index (χ4v) is 2.50. The normalized spacial score (nSPS) is 26.3. The molecule has 0 spiro atoms. The van der Waals surface area contributed by atoms with Crippen molar-refractivity contribution < 1.29 is 14.1 Å². The van der Waals surface area contributed by atoms with Crippen LogP contribution in [0.3, 0.4) is 0 Å². The molecule has 2 fully saturated rings. The van der Waals surface area contributed by atoms with E-state index in [1.807, 2.05) is 18.7 Å². The lowest BCUT2D eigenvalue weighted by Crippen LogP contribution is -2.41. The Morgan fingerprint density at radius 1 is 1.19 bits per heavy atom. The van der Waals surface area contributed by atoms with Gasteiger partial charge in [-0.3, -0.25) is 4.79 Å². The minimum Gasteiger partial charge on any atom is -0.400 e. The Kier molecular flexibility index (Phi) is 4.55. The summed E-state index contributed by atoms with van der Waals surface area (Å²) in [7, 11) is -0.304. The van der Waals surface area contributed by atoms with Crippen molar-refractivity contribution in [3.8, 4) is 0 Å². The Morgan fingerprint density at radius 2 is 1.71 bits per heavy atom. The molecule has 21 heavy (non-hydrogen) atoms. The zero-order chi connectivity index (χ0) is 15.8. The van der Waals surface area contributed by atoms with Gasteiger partial charge in [-0.1, -0.05) is 19.9 Å². The molecule has 3 aliphatic rings. The quantitative estimate of drug-likeness (QED) is 0.735. The van der Waals surface area contributed by atoms with E-state index in [0.29, 0.717) is 19.0 Å². The Bertz CT molecular complexity index is 425. The van der Waals surface area contributed by atoms with Gasteiger partial charge in [-0.05, 0) is 46.0 Å². The lowest BCUT2D eigenvalue weighted by atomic mass is 9.79. The summed E-state index contributed by atoms with van der Waals surface area (Å²) in [5, 5.41) is 0. The molecule has 118 valence electrons. The summed E-state index contributed by atoms with van der Waals surface area (Å²) >= 11 is 0. The van der Waals surface area contributed by atoms with Gasteiger partial charge in [0.1, 0.15) is 0 Å². The number of carbonyl (C=O) groups excluding carboxylic acids is 1. The third-order valence-electron chi connectivity index (χ3n) is 4.74. The van der Waals surface area contributed by atoms with Gasteiger partial charge in [0, 0.05) is 19.0 Å². The highest BCUT2D eigenvalue weighted by molar-refractivity contribution is 6.55. The topological polar surface area (TPSA) is 38.8 Å². The average molecular weight is 293 g/mol. The molecule has 4 nitrogen and oxygen atoms in total. The SMILES string of the molecule is CC.CC1(C)OB(C2=CCN(C(=O)C3CC3)C2)OC1(C)C. The highest BCUT2D eigenvalue weighted by atomic mass is 16.7. The summed E-state index contributed by atoms with van der Waals surface area (Å²) in [5.41, 5.74) is 0.464. The van der Waals surface area contributed by atoms with Gasteiger partial charge in [-0.15, -0.1) is 0 Å². The smallest absolute Gasteiger partial charge is 0.400 e. The van der Waals surface area contributed by atoms with Crippen LogP contribution in [0.2, 0.25) is 0 Å². The molecule has 5 heteroatoms. The number of hydrogen-bond acceptors (Lipinski definition) is 3. The molecule has 3 rings (SSSR count). The maximum absolute atomic E-state index is 12.0. The van der Waals surface area contributed by atoms with E-state index in [-0.39, 0.29) is 24.2 Å². The number of carbonyl (C=O) groups is 1. The first kappa shape index (κ1) is 16.6. The van der Waals surface area contributed by atoms with Crippen LogP contribution in [0.1, 0.15) is 54.4 Å². The Hall–Kier alpha value is -0.805. The Balaban J connectivity index is 0.000000774. The third-order valence-corrected chi connectivity index (χ3v) is 4.74. The average Bonchev–Trinajstić information content (AvgIpc) is 3.10. The number of amides is 1. The number of nitrogens with zero attached hydrogens (tertiary/aromatic N) is 1. The van der Waals surface area contributed by atoms with Crippen LogP contribution in [0.4, 0.5) is 0 Å². The lowest BCUT2D eigenvalue weighted by Gasteiger charge is -2.32. The molecule has 2 heterocycles. The van der Waals surface area contributed by atoms with Gasteiger partial charge < -0.3 is 14.2 Å². The van der Waals surface area contributed by atoms with E-state index in [1.54, 1.807) is 0 Å². The summed E-state index contributed by atoms with van der Waals surface area (Å²) in [6, 6.07) is 0. The van der Waals surface area contributed by atoms with Crippen molar-refractivity contribution in [1.82, 2.24) is 4.90 Å². The molecule has 1 saturated carbocycles. The molecule has 1 saturated heterocycles. The van der Waals surface area contributed by atoms with Crippen LogP contribution in [-0.4, -0.2) is 42.2 Å². The van der Waals surface area contributed by atoms with Crippen LogP contribution in [0.5, 0.6) is 0 Å². The van der Waals surface area contributed by atoms with E-state index in [0.717, 1.165) is 18.3 Å². The van der Waals surface area contributed by atoms with Crippen LogP contribution >= 0.6 is 0 Å². The molecule has 1 amide bonds. The van der Waals surface area contributed by atoms with Crippen molar-refractivity contribution in [2.75, 3.05) is 13.1 Å². The van der Waals surface area contributed by atoms with Crippen LogP contribution in [-0.2, 0) is 14.1 Å². The van der Waals surface area contributed by atoms with Gasteiger partial charge in [-0.2, -0.15) is 0 Å². The van der Waals surface area contributed by atoms with Crippen LogP contribution in [0.15, 0.2) is 11.5 Å². The second kappa shape index (κ2) is 5.77. The van der Waals surface area contributed by atoms with E-state index in [1.165, 1.54) is 0 Å². The molecule has 0 radical (unpaired) electrons. The number of rotatable bonds is 2. The minimum atomic E-state index is -0.313. The van der Waals surface area contributed by atoms with E-state index < -0.39 is 0 Å². The maximum atomic E-state index is 12.0. The first-order chi connectivity index (χ1) is 9.80.